The van der Waals surface area contributed by atoms with Crippen LogP contribution in [0.2, 0.25) is 0 Å². The normalized spacial score (nSPS) is 11.0. The van der Waals surface area contributed by atoms with Crippen LogP contribution in [0.25, 0.3) is 0 Å². The van der Waals surface area contributed by atoms with Crippen LogP contribution in [0.5, 0.6) is 0 Å². The molecule has 0 aliphatic heterocycles. The molecule has 0 N–H and O–H groups in total. The molecule has 8 nitrogen and oxygen atoms in total. The molecule has 0 aliphatic carbocycles. The summed E-state index contributed by atoms with van der Waals surface area (Å²) in [6.07, 6.45) is 2.31. The summed E-state index contributed by atoms with van der Waals surface area (Å²) in [6.45, 7) is -0.298. The van der Waals surface area contributed by atoms with E-state index in [0.717, 1.165) is 10.6 Å². The van der Waals surface area contributed by atoms with Crippen LogP contribution in [0.1, 0.15) is 26.5 Å². The zero-order valence-electron chi connectivity index (χ0n) is 13.9. The number of sulfonamides is 1. The second-order valence-corrected chi connectivity index (χ2v) is 7.09. The minimum Gasteiger partial charge on any atom is -0.465 e. The van der Waals surface area contributed by atoms with Crippen LogP contribution in [0, 0.1) is 0 Å². The quantitative estimate of drug-likeness (QED) is 0.717. The van der Waals surface area contributed by atoms with Crippen molar-refractivity contribution in [3.05, 3.63) is 53.5 Å². The van der Waals surface area contributed by atoms with Crippen LogP contribution < -0.4 is 4.31 Å². The smallest absolute Gasteiger partial charge is 0.341 e. The number of para-hydroxylation sites is 1. The number of anilines is 1. The van der Waals surface area contributed by atoms with Gasteiger partial charge in [0.15, 0.2) is 12.4 Å². The number of hydrogen-bond donors (Lipinski definition) is 0. The summed E-state index contributed by atoms with van der Waals surface area (Å²) in [5.41, 5.74) is 0.404. The van der Waals surface area contributed by atoms with E-state index in [1.54, 1.807) is 12.1 Å². The highest BCUT2D eigenvalue weighted by Gasteiger charge is 2.22. The fourth-order valence-electron chi connectivity index (χ4n) is 2.05. The number of esters is 2. The first-order valence-electron chi connectivity index (χ1n) is 7.10. The Morgan fingerprint density at radius 3 is 2.44 bits per heavy atom. The van der Waals surface area contributed by atoms with E-state index in [4.69, 9.17) is 9.15 Å². The Bertz CT molecular complexity index is 885. The maximum absolute atomic E-state index is 12.3. The minimum atomic E-state index is -3.55. The fraction of sp³-hybridized carbons (Fsp3) is 0.250. The maximum atomic E-state index is 12.3. The number of methoxy groups -OCH3 is 1. The van der Waals surface area contributed by atoms with Gasteiger partial charge in [0.2, 0.25) is 10.0 Å². The topological polar surface area (TPSA) is 103 Å². The van der Waals surface area contributed by atoms with Crippen LogP contribution >= 0.6 is 0 Å². The van der Waals surface area contributed by atoms with Gasteiger partial charge in [-0.25, -0.2) is 18.0 Å². The van der Waals surface area contributed by atoms with Crippen LogP contribution in [0.4, 0.5) is 5.69 Å². The lowest BCUT2D eigenvalue weighted by Crippen LogP contribution is -2.27. The number of furan rings is 1. The molecule has 134 valence electrons. The molecule has 0 saturated heterocycles. The molecule has 0 amide bonds. The second kappa shape index (κ2) is 7.39. The van der Waals surface area contributed by atoms with Gasteiger partial charge in [0.25, 0.3) is 0 Å². The molecule has 0 fully saturated rings. The van der Waals surface area contributed by atoms with Crippen LogP contribution in [0.3, 0.4) is 0 Å². The third-order valence-electron chi connectivity index (χ3n) is 3.45. The van der Waals surface area contributed by atoms with Crippen molar-refractivity contribution >= 4 is 27.6 Å². The lowest BCUT2D eigenvalue weighted by Gasteiger charge is -2.19. The third kappa shape index (κ3) is 4.18. The van der Waals surface area contributed by atoms with Gasteiger partial charge >= 0.3 is 11.9 Å². The van der Waals surface area contributed by atoms with E-state index >= 15 is 0 Å². The number of ether oxygens (including phenoxy) is 2. The SMILES string of the molecule is COC(=O)c1ccoc1COC(=O)c1ccccc1N(C)S(C)(=O)=O. The van der Waals surface area contributed by atoms with E-state index in [9.17, 15) is 18.0 Å². The van der Waals surface area contributed by atoms with Gasteiger partial charge in [-0.3, -0.25) is 4.31 Å². The van der Waals surface area contributed by atoms with Crippen molar-refractivity contribution in [2.24, 2.45) is 0 Å². The molecule has 1 aromatic carbocycles. The molecule has 2 aromatic rings. The van der Waals surface area contributed by atoms with Gasteiger partial charge in [-0.1, -0.05) is 12.1 Å². The van der Waals surface area contributed by atoms with Crippen LogP contribution in [-0.2, 0) is 26.1 Å². The fourth-order valence-corrected chi connectivity index (χ4v) is 2.57. The van der Waals surface area contributed by atoms with Gasteiger partial charge in [-0.15, -0.1) is 0 Å². The number of nitrogens with zero attached hydrogens (tertiary/aromatic N) is 1. The molecule has 25 heavy (non-hydrogen) atoms. The average Bonchev–Trinajstić information content (AvgIpc) is 3.06. The summed E-state index contributed by atoms with van der Waals surface area (Å²) in [7, 11) is -0.984. The highest BCUT2D eigenvalue weighted by Crippen LogP contribution is 2.23. The molecule has 0 atom stereocenters. The van der Waals surface area contributed by atoms with Crippen molar-refractivity contribution in [3.63, 3.8) is 0 Å². The molecule has 0 unspecified atom stereocenters. The Balaban J connectivity index is 2.21. The van der Waals surface area contributed by atoms with E-state index < -0.39 is 22.0 Å². The number of carbonyl (C=O) groups excluding carboxylic acids is 2. The minimum absolute atomic E-state index is 0.0709. The predicted octanol–water partition coefficient (Wildman–Crippen LogP) is 1.82. The molecular weight excluding hydrogens is 350 g/mol. The van der Waals surface area contributed by atoms with Gasteiger partial charge in [0.05, 0.1) is 30.9 Å². The lowest BCUT2D eigenvalue weighted by molar-refractivity contribution is 0.0433. The second-order valence-electron chi connectivity index (χ2n) is 5.07. The first-order valence-corrected chi connectivity index (χ1v) is 8.95. The number of carbonyl (C=O) groups is 2. The summed E-state index contributed by atoms with van der Waals surface area (Å²) in [6, 6.07) is 7.53. The Kier molecular flexibility index (Phi) is 5.48. The Morgan fingerprint density at radius 2 is 1.80 bits per heavy atom. The molecule has 0 aliphatic rings. The molecule has 9 heteroatoms. The molecule has 0 bridgehead atoms. The summed E-state index contributed by atoms with van der Waals surface area (Å²) in [5.74, 6) is -1.23. The molecular formula is C16H17NO7S. The molecule has 0 radical (unpaired) electrons. The van der Waals surface area contributed by atoms with Crippen molar-refractivity contribution in [2.45, 2.75) is 6.61 Å². The van der Waals surface area contributed by atoms with E-state index in [1.807, 2.05) is 0 Å². The van der Waals surface area contributed by atoms with Crippen LogP contribution in [-0.4, -0.2) is 40.8 Å². The zero-order valence-corrected chi connectivity index (χ0v) is 14.7. The predicted molar refractivity (Wildman–Crippen MR) is 88.9 cm³/mol. The van der Waals surface area contributed by atoms with Crippen molar-refractivity contribution in [1.29, 1.82) is 0 Å². The van der Waals surface area contributed by atoms with E-state index in [2.05, 4.69) is 4.74 Å². The highest BCUT2D eigenvalue weighted by molar-refractivity contribution is 7.92. The van der Waals surface area contributed by atoms with Gasteiger partial charge in [0, 0.05) is 7.05 Å². The molecule has 2 rings (SSSR count). The summed E-state index contributed by atoms with van der Waals surface area (Å²) in [5, 5.41) is 0. The first-order chi connectivity index (χ1) is 11.8. The zero-order chi connectivity index (χ0) is 18.6. The summed E-state index contributed by atoms with van der Waals surface area (Å²) < 4.78 is 39.3. The largest absolute Gasteiger partial charge is 0.465 e. The summed E-state index contributed by atoms with van der Waals surface area (Å²) >= 11 is 0. The van der Waals surface area contributed by atoms with Crippen molar-refractivity contribution in [3.8, 4) is 0 Å². The Hall–Kier alpha value is -2.81. The third-order valence-corrected chi connectivity index (χ3v) is 4.64. The Morgan fingerprint density at radius 1 is 1.12 bits per heavy atom. The molecule has 0 spiro atoms. The average molecular weight is 367 g/mol. The molecule has 1 aromatic heterocycles. The van der Waals surface area contributed by atoms with Gasteiger partial charge in [0.1, 0.15) is 5.56 Å². The standard InChI is InChI=1S/C16H17NO7S/c1-17(25(3,20)21)13-7-5-4-6-11(13)16(19)24-10-14-12(8-9-23-14)15(18)22-2/h4-9H,10H2,1-3H3. The number of hydrogen-bond acceptors (Lipinski definition) is 7. The highest BCUT2D eigenvalue weighted by atomic mass is 32.2. The van der Waals surface area contributed by atoms with Gasteiger partial charge in [-0.2, -0.15) is 0 Å². The monoisotopic (exact) mass is 367 g/mol. The van der Waals surface area contributed by atoms with Gasteiger partial charge < -0.3 is 13.9 Å². The lowest BCUT2D eigenvalue weighted by atomic mass is 10.2. The molecule has 0 saturated carbocycles. The number of benzene rings is 1. The van der Waals surface area contributed by atoms with E-state index in [0.29, 0.717) is 0 Å². The first kappa shape index (κ1) is 18.5. The van der Waals surface area contributed by atoms with Crippen molar-refractivity contribution in [1.82, 2.24) is 0 Å². The molecule has 1 heterocycles. The number of rotatable bonds is 6. The van der Waals surface area contributed by atoms with Crippen molar-refractivity contribution in [2.75, 3.05) is 24.7 Å². The van der Waals surface area contributed by atoms with Crippen molar-refractivity contribution < 1.29 is 31.9 Å². The van der Waals surface area contributed by atoms with Crippen LogP contribution in [0.15, 0.2) is 41.0 Å². The Labute approximate surface area is 145 Å². The van der Waals surface area contributed by atoms with Gasteiger partial charge in [-0.05, 0) is 18.2 Å². The van der Waals surface area contributed by atoms with E-state index in [-0.39, 0.29) is 29.2 Å². The maximum Gasteiger partial charge on any atom is 0.341 e. The summed E-state index contributed by atoms with van der Waals surface area (Å²) in [4.78, 5) is 23.9. The van der Waals surface area contributed by atoms with E-state index in [1.165, 1.54) is 38.6 Å².